The highest BCUT2D eigenvalue weighted by molar-refractivity contribution is 7.90. The van der Waals surface area contributed by atoms with Crippen LogP contribution in [0.2, 0.25) is 5.02 Å². The molecule has 0 radical (unpaired) electrons. The third-order valence-electron chi connectivity index (χ3n) is 7.16. The summed E-state index contributed by atoms with van der Waals surface area (Å²) in [5.74, 6) is 0.769. The van der Waals surface area contributed by atoms with Gasteiger partial charge in [-0.1, -0.05) is 99.1 Å². The molecule has 0 amide bonds. The first-order valence-electron chi connectivity index (χ1n) is 14.0. The van der Waals surface area contributed by atoms with Gasteiger partial charge in [-0.15, -0.1) is 10.2 Å². The average molecular weight is 615 g/mol. The van der Waals surface area contributed by atoms with Gasteiger partial charge < -0.3 is 10.5 Å². The molecule has 2 N–H and O–H groups in total. The van der Waals surface area contributed by atoms with Crippen molar-refractivity contribution in [1.29, 1.82) is 0 Å². The van der Waals surface area contributed by atoms with Crippen LogP contribution in [0.25, 0.3) is 5.69 Å². The Labute approximate surface area is 258 Å². The van der Waals surface area contributed by atoms with E-state index in [1.165, 1.54) is 0 Å². The topological polar surface area (TPSA) is 100 Å². The number of hydrogen-bond donors (Lipinski definition) is 1. The summed E-state index contributed by atoms with van der Waals surface area (Å²) in [7, 11) is -3.90. The molecule has 4 aromatic carbocycles. The fraction of sp³-hybridized carbons (Fsp3) is 0.235. The van der Waals surface area contributed by atoms with Crippen LogP contribution in [0, 0.1) is 0 Å². The monoisotopic (exact) mass is 614 g/mol. The Morgan fingerprint density at radius 2 is 1.44 bits per heavy atom. The van der Waals surface area contributed by atoms with Gasteiger partial charge in [0, 0.05) is 10.7 Å². The molecule has 0 bridgehead atoms. The van der Waals surface area contributed by atoms with Crippen LogP contribution in [0.4, 0.5) is 0 Å². The molecule has 222 valence electrons. The van der Waals surface area contributed by atoms with Gasteiger partial charge in [-0.25, -0.2) is 8.42 Å². The minimum atomic E-state index is -3.90. The molecule has 0 saturated carbocycles. The molecule has 1 aromatic heterocycles. The average Bonchev–Trinajstić information content (AvgIpc) is 3.44. The zero-order valence-corrected chi connectivity index (χ0v) is 26.0. The SMILES string of the molecule is CC(C)(C)c1ccc(CS(=O)(=O)c2nnc(C(N)Cc3ccc(Cl)cc3)n2-c2ccc(OCc3ccccc3)cc2)cc1. The predicted molar refractivity (Wildman–Crippen MR) is 170 cm³/mol. The number of sulfone groups is 1. The standard InChI is InChI=1S/C34H35ClN4O3S/c1-34(2,3)27-13-9-26(10-14-27)23-43(40,41)33-38-37-32(31(36)21-24-11-15-28(35)16-12-24)39(33)29-17-19-30(20-18-29)42-22-25-7-5-4-6-8-25/h4-20,31H,21-23,36H2,1-3H3. The molecular formula is C34H35ClN4O3S. The number of rotatable bonds is 10. The van der Waals surface area contributed by atoms with Crippen LogP contribution < -0.4 is 10.5 Å². The Morgan fingerprint density at radius 1 is 0.814 bits per heavy atom. The number of nitrogens with zero attached hydrogens (tertiary/aromatic N) is 3. The fourth-order valence-electron chi connectivity index (χ4n) is 4.75. The van der Waals surface area contributed by atoms with Crippen LogP contribution in [-0.4, -0.2) is 23.2 Å². The molecule has 43 heavy (non-hydrogen) atoms. The van der Waals surface area contributed by atoms with Crippen LogP contribution in [-0.2, 0) is 34.0 Å². The van der Waals surface area contributed by atoms with Gasteiger partial charge in [-0.2, -0.15) is 0 Å². The van der Waals surface area contributed by atoms with Crippen LogP contribution in [0.1, 0.15) is 54.9 Å². The normalized spacial score (nSPS) is 12.7. The Balaban J connectivity index is 1.47. The molecule has 9 heteroatoms. The molecule has 1 atom stereocenters. The van der Waals surface area contributed by atoms with Crippen LogP contribution in [0.5, 0.6) is 5.75 Å². The first kappa shape index (κ1) is 30.5. The highest BCUT2D eigenvalue weighted by Gasteiger charge is 2.29. The molecule has 0 saturated heterocycles. The lowest BCUT2D eigenvalue weighted by Crippen LogP contribution is -2.20. The Morgan fingerprint density at radius 3 is 2.07 bits per heavy atom. The van der Waals surface area contributed by atoms with Gasteiger partial charge in [0.05, 0.1) is 11.8 Å². The fourth-order valence-corrected chi connectivity index (χ4v) is 6.28. The summed E-state index contributed by atoms with van der Waals surface area (Å²) in [6.45, 7) is 6.77. The van der Waals surface area contributed by atoms with Crippen LogP contribution >= 0.6 is 11.6 Å². The number of aromatic nitrogens is 3. The summed E-state index contributed by atoms with van der Waals surface area (Å²) in [6, 6.07) is 31.4. The van der Waals surface area contributed by atoms with Crippen molar-refractivity contribution >= 4 is 21.4 Å². The Bertz CT molecular complexity index is 1760. The quantitative estimate of drug-likeness (QED) is 0.182. The molecule has 0 fully saturated rings. The lowest BCUT2D eigenvalue weighted by Gasteiger charge is -2.19. The van der Waals surface area contributed by atoms with Crippen molar-refractivity contribution in [2.24, 2.45) is 5.73 Å². The Hall–Kier alpha value is -3.98. The second-order valence-electron chi connectivity index (χ2n) is 11.6. The second kappa shape index (κ2) is 12.7. The molecule has 1 unspecified atom stereocenters. The molecule has 0 spiro atoms. The summed E-state index contributed by atoms with van der Waals surface area (Å²) >= 11 is 6.06. The van der Waals surface area contributed by atoms with Gasteiger partial charge >= 0.3 is 0 Å². The van der Waals surface area contributed by atoms with E-state index in [9.17, 15) is 8.42 Å². The maximum Gasteiger partial charge on any atom is 0.254 e. The number of benzene rings is 4. The minimum Gasteiger partial charge on any atom is -0.489 e. The molecule has 7 nitrogen and oxygen atoms in total. The van der Waals surface area contributed by atoms with Crippen LogP contribution in [0.15, 0.2) is 108 Å². The van der Waals surface area contributed by atoms with E-state index in [4.69, 9.17) is 22.1 Å². The van der Waals surface area contributed by atoms with Gasteiger partial charge in [0.2, 0.25) is 9.84 Å². The molecule has 0 aliphatic rings. The smallest absolute Gasteiger partial charge is 0.254 e. The molecule has 0 aliphatic carbocycles. The highest BCUT2D eigenvalue weighted by Crippen LogP contribution is 2.28. The summed E-state index contributed by atoms with van der Waals surface area (Å²) < 4.78 is 35.2. The highest BCUT2D eigenvalue weighted by atomic mass is 35.5. The molecule has 5 aromatic rings. The summed E-state index contributed by atoms with van der Waals surface area (Å²) in [6.07, 6.45) is 0.419. The molecular weight excluding hydrogens is 580 g/mol. The minimum absolute atomic E-state index is 0.0380. The van der Waals surface area contributed by atoms with E-state index in [1.54, 1.807) is 41.0 Å². The van der Waals surface area contributed by atoms with Gasteiger partial charge in [0.1, 0.15) is 12.4 Å². The van der Waals surface area contributed by atoms with E-state index < -0.39 is 15.9 Å². The predicted octanol–water partition coefficient (Wildman–Crippen LogP) is 7.01. The lowest BCUT2D eigenvalue weighted by atomic mass is 9.87. The van der Waals surface area contributed by atoms with Crippen molar-refractivity contribution in [3.8, 4) is 11.4 Å². The number of nitrogens with two attached hydrogens (primary N) is 1. The second-order valence-corrected chi connectivity index (χ2v) is 13.9. The first-order chi connectivity index (χ1) is 20.5. The van der Waals surface area contributed by atoms with E-state index >= 15 is 0 Å². The van der Waals surface area contributed by atoms with Gasteiger partial charge in [-0.3, -0.25) is 4.57 Å². The third-order valence-corrected chi connectivity index (χ3v) is 8.94. The van der Waals surface area contributed by atoms with Crippen molar-refractivity contribution in [2.45, 2.75) is 56.2 Å². The van der Waals surface area contributed by atoms with Crippen molar-refractivity contribution in [3.05, 3.63) is 136 Å². The Kier molecular flexibility index (Phi) is 9.01. The summed E-state index contributed by atoms with van der Waals surface area (Å²) in [5.41, 5.74) is 11.0. The maximum absolute atomic E-state index is 13.8. The van der Waals surface area contributed by atoms with E-state index in [0.717, 1.165) is 16.7 Å². The van der Waals surface area contributed by atoms with E-state index in [2.05, 4.69) is 31.0 Å². The van der Waals surface area contributed by atoms with Crippen molar-refractivity contribution in [3.63, 3.8) is 0 Å². The lowest BCUT2D eigenvalue weighted by molar-refractivity contribution is 0.306. The molecule has 5 rings (SSSR count). The van der Waals surface area contributed by atoms with E-state index in [0.29, 0.717) is 40.9 Å². The maximum atomic E-state index is 13.8. The molecule has 1 heterocycles. The van der Waals surface area contributed by atoms with Crippen molar-refractivity contribution in [1.82, 2.24) is 14.8 Å². The zero-order chi connectivity index (χ0) is 30.6. The van der Waals surface area contributed by atoms with Crippen molar-refractivity contribution < 1.29 is 13.2 Å². The zero-order valence-electron chi connectivity index (χ0n) is 24.4. The number of halogens is 1. The summed E-state index contributed by atoms with van der Waals surface area (Å²) in [5, 5.41) is 8.96. The van der Waals surface area contributed by atoms with E-state index in [1.807, 2.05) is 66.7 Å². The number of ether oxygens (including phenoxy) is 1. The summed E-state index contributed by atoms with van der Waals surface area (Å²) in [4.78, 5) is 0. The van der Waals surface area contributed by atoms with Gasteiger partial charge in [0.25, 0.3) is 5.16 Å². The molecule has 0 aliphatic heterocycles. The number of hydrogen-bond acceptors (Lipinski definition) is 6. The van der Waals surface area contributed by atoms with Gasteiger partial charge in [-0.05, 0) is 70.5 Å². The van der Waals surface area contributed by atoms with E-state index in [-0.39, 0.29) is 16.3 Å². The van der Waals surface area contributed by atoms with Gasteiger partial charge in [0.15, 0.2) is 5.82 Å². The third kappa shape index (κ3) is 7.51. The van der Waals surface area contributed by atoms with Crippen LogP contribution in [0.3, 0.4) is 0 Å². The van der Waals surface area contributed by atoms with Crippen molar-refractivity contribution in [2.75, 3.05) is 0 Å². The first-order valence-corrected chi connectivity index (χ1v) is 16.1. The largest absolute Gasteiger partial charge is 0.489 e.